The molecule has 0 aliphatic heterocycles. The number of ether oxygens (including phenoxy) is 2. The summed E-state index contributed by atoms with van der Waals surface area (Å²) in [5.74, 6) is 1.33. The molecule has 0 bridgehead atoms. The lowest BCUT2D eigenvalue weighted by Crippen LogP contribution is -2.37. The maximum absolute atomic E-state index is 10.2. The number of nitrogens with zero attached hydrogens (tertiary/aromatic N) is 1. The normalized spacial score (nSPS) is 12.4. The Hall–Kier alpha value is -2.08. The van der Waals surface area contributed by atoms with E-state index in [0.29, 0.717) is 24.1 Å². The van der Waals surface area contributed by atoms with Crippen LogP contribution in [0.3, 0.4) is 0 Å². The van der Waals surface area contributed by atoms with Gasteiger partial charge < -0.3 is 24.8 Å². The molecule has 2 aromatic carbocycles. The number of hydrogen-bond donors (Lipinski definition) is 2. The molecule has 2 aromatic rings. The molecule has 0 saturated heterocycles. The van der Waals surface area contributed by atoms with Crippen molar-refractivity contribution in [3.8, 4) is 11.5 Å². The molecule has 0 fully saturated rings. The summed E-state index contributed by atoms with van der Waals surface area (Å²) in [4.78, 5) is 2.09. The van der Waals surface area contributed by atoms with Gasteiger partial charge in [-0.05, 0) is 51.1 Å². The SMILES string of the molecule is COc1ccc(CNCc2cccc(C)c2)cc1OCC(O)CN(C)C(C)C. The van der Waals surface area contributed by atoms with E-state index >= 15 is 0 Å². The molecule has 0 aliphatic rings. The van der Waals surface area contributed by atoms with E-state index in [2.05, 4.69) is 55.3 Å². The zero-order valence-electron chi connectivity index (χ0n) is 17.7. The highest BCUT2D eigenvalue weighted by molar-refractivity contribution is 5.43. The smallest absolute Gasteiger partial charge is 0.161 e. The number of methoxy groups -OCH3 is 1. The molecule has 0 radical (unpaired) electrons. The summed E-state index contributed by atoms with van der Waals surface area (Å²) in [6, 6.07) is 14.8. The van der Waals surface area contributed by atoms with Crippen molar-refractivity contribution in [2.75, 3.05) is 27.3 Å². The molecular weight excluding hydrogens is 352 g/mol. The van der Waals surface area contributed by atoms with Gasteiger partial charge in [0.15, 0.2) is 11.5 Å². The van der Waals surface area contributed by atoms with Crippen LogP contribution in [0.4, 0.5) is 0 Å². The summed E-state index contributed by atoms with van der Waals surface area (Å²) in [5.41, 5.74) is 3.64. The Morgan fingerprint density at radius 3 is 2.39 bits per heavy atom. The second kappa shape index (κ2) is 11.1. The molecule has 5 heteroatoms. The van der Waals surface area contributed by atoms with E-state index in [1.54, 1.807) is 7.11 Å². The highest BCUT2D eigenvalue weighted by Crippen LogP contribution is 2.28. The van der Waals surface area contributed by atoms with Gasteiger partial charge in [-0.2, -0.15) is 0 Å². The van der Waals surface area contributed by atoms with Crippen molar-refractivity contribution in [1.82, 2.24) is 10.2 Å². The number of aliphatic hydroxyl groups is 1. The molecule has 0 aliphatic carbocycles. The van der Waals surface area contributed by atoms with Crippen LogP contribution in [-0.2, 0) is 13.1 Å². The molecule has 0 saturated carbocycles. The van der Waals surface area contributed by atoms with Crippen LogP contribution in [-0.4, -0.2) is 49.5 Å². The first-order valence-electron chi connectivity index (χ1n) is 9.83. The Bertz CT molecular complexity index is 734. The number of likely N-dealkylation sites (N-methyl/N-ethyl adjacent to an activating group) is 1. The van der Waals surface area contributed by atoms with Gasteiger partial charge in [0.05, 0.1) is 7.11 Å². The number of rotatable bonds is 11. The molecule has 1 atom stereocenters. The van der Waals surface area contributed by atoms with Crippen LogP contribution >= 0.6 is 0 Å². The van der Waals surface area contributed by atoms with Crippen LogP contribution in [0.25, 0.3) is 0 Å². The van der Waals surface area contributed by atoms with E-state index in [-0.39, 0.29) is 6.61 Å². The monoisotopic (exact) mass is 386 g/mol. The minimum atomic E-state index is -0.555. The van der Waals surface area contributed by atoms with Gasteiger partial charge in [0.2, 0.25) is 0 Å². The van der Waals surface area contributed by atoms with Crippen LogP contribution in [0.15, 0.2) is 42.5 Å². The van der Waals surface area contributed by atoms with Crippen molar-refractivity contribution < 1.29 is 14.6 Å². The zero-order valence-corrected chi connectivity index (χ0v) is 17.7. The minimum Gasteiger partial charge on any atom is -0.493 e. The maximum Gasteiger partial charge on any atom is 0.161 e. The first-order chi connectivity index (χ1) is 13.4. The predicted molar refractivity (Wildman–Crippen MR) is 114 cm³/mol. The molecule has 2 rings (SSSR count). The summed E-state index contributed by atoms with van der Waals surface area (Å²) in [5, 5.41) is 13.7. The topological polar surface area (TPSA) is 54.0 Å². The third kappa shape index (κ3) is 7.15. The fourth-order valence-corrected chi connectivity index (χ4v) is 2.90. The number of aliphatic hydroxyl groups excluding tert-OH is 1. The highest BCUT2D eigenvalue weighted by Gasteiger charge is 2.13. The Balaban J connectivity index is 1.91. The van der Waals surface area contributed by atoms with Gasteiger partial charge in [-0.3, -0.25) is 0 Å². The Morgan fingerprint density at radius 1 is 1.04 bits per heavy atom. The minimum absolute atomic E-state index is 0.230. The van der Waals surface area contributed by atoms with Gasteiger partial charge in [-0.1, -0.05) is 35.9 Å². The van der Waals surface area contributed by atoms with Gasteiger partial charge in [0.25, 0.3) is 0 Å². The summed E-state index contributed by atoms with van der Waals surface area (Å²) in [6.45, 7) is 8.64. The van der Waals surface area contributed by atoms with Crippen molar-refractivity contribution in [1.29, 1.82) is 0 Å². The van der Waals surface area contributed by atoms with Gasteiger partial charge in [-0.15, -0.1) is 0 Å². The maximum atomic E-state index is 10.2. The van der Waals surface area contributed by atoms with E-state index < -0.39 is 6.10 Å². The lowest BCUT2D eigenvalue weighted by atomic mass is 10.1. The van der Waals surface area contributed by atoms with E-state index in [9.17, 15) is 5.11 Å². The average Bonchev–Trinajstić information content (AvgIpc) is 2.66. The summed E-state index contributed by atoms with van der Waals surface area (Å²) >= 11 is 0. The van der Waals surface area contributed by atoms with E-state index in [0.717, 1.165) is 18.7 Å². The van der Waals surface area contributed by atoms with Crippen LogP contribution in [0.2, 0.25) is 0 Å². The van der Waals surface area contributed by atoms with Crippen molar-refractivity contribution >= 4 is 0 Å². The first kappa shape index (κ1) is 22.2. The Labute approximate surface area is 169 Å². The Kier molecular flexibility index (Phi) is 8.77. The molecule has 0 aromatic heterocycles. The quantitative estimate of drug-likeness (QED) is 0.620. The molecule has 28 heavy (non-hydrogen) atoms. The third-order valence-corrected chi connectivity index (χ3v) is 4.78. The van der Waals surface area contributed by atoms with Gasteiger partial charge in [-0.25, -0.2) is 0 Å². The third-order valence-electron chi connectivity index (χ3n) is 4.78. The first-order valence-corrected chi connectivity index (χ1v) is 9.83. The molecule has 1 unspecified atom stereocenters. The zero-order chi connectivity index (χ0) is 20.5. The fraction of sp³-hybridized carbons (Fsp3) is 0.478. The number of hydrogen-bond acceptors (Lipinski definition) is 5. The molecule has 5 nitrogen and oxygen atoms in total. The summed E-state index contributed by atoms with van der Waals surface area (Å²) < 4.78 is 11.3. The number of aryl methyl sites for hydroxylation is 1. The van der Waals surface area contributed by atoms with E-state index in [1.165, 1.54) is 11.1 Å². The molecule has 0 heterocycles. The second-order valence-electron chi connectivity index (χ2n) is 7.58. The molecule has 0 spiro atoms. The van der Waals surface area contributed by atoms with Crippen molar-refractivity contribution in [3.05, 3.63) is 59.2 Å². The van der Waals surface area contributed by atoms with E-state index in [4.69, 9.17) is 9.47 Å². The fourth-order valence-electron chi connectivity index (χ4n) is 2.90. The average molecular weight is 387 g/mol. The molecule has 0 amide bonds. The summed E-state index contributed by atoms with van der Waals surface area (Å²) in [7, 11) is 3.62. The van der Waals surface area contributed by atoms with Crippen LogP contribution in [0.1, 0.15) is 30.5 Å². The van der Waals surface area contributed by atoms with Crippen LogP contribution in [0, 0.1) is 6.92 Å². The van der Waals surface area contributed by atoms with Crippen molar-refractivity contribution in [3.63, 3.8) is 0 Å². The highest BCUT2D eigenvalue weighted by atomic mass is 16.5. The van der Waals surface area contributed by atoms with E-state index in [1.807, 2.05) is 25.2 Å². The van der Waals surface area contributed by atoms with Crippen LogP contribution < -0.4 is 14.8 Å². The van der Waals surface area contributed by atoms with Gasteiger partial charge >= 0.3 is 0 Å². The molecular formula is C23H34N2O3. The second-order valence-corrected chi connectivity index (χ2v) is 7.58. The van der Waals surface area contributed by atoms with Crippen LogP contribution in [0.5, 0.6) is 11.5 Å². The largest absolute Gasteiger partial charge is 0.493 e. The lowest BCUT2D eigenvalue weighted by molar-refractivity contribution is 0.0668. The van der Waals surface area contributed by atoms with Crippen molar-refractivity contribution in [2.24, 2.45) is 0 Å². The lowest BCUT2D eigenvalue weighted by Gasteiger charge is -2.24. The molecule has 2 N–H and O–H groups in total. The van der Waals surface area contributed by atoms with Gasteiger partial charge in [0, 0.05) is 25.7 Å². The number of benzene rings is 2. The van der Waals surface area contributed by atoms with Gasteiger partial charge in [0.1, 0.15) is 12.7 Å². The predicted octanol–water partition coefficient (Wildman–Crippen LogP) is 3.37. The standard InChI is InChI=1S/C23H34N2O3/c1-17(2)25(4)15-21(26)16-28-23-12-20(9-10-22(23)27-5)14-24-13-19-8-6-7-18(3)11-19/h6-12,17,21,24,26H,13-16H2,1-5H3. The van der Waals surface area contributed by atoms with Crippen molar-refractivity contribution in [2.45, 2.75) is 46.0 Å². The number of nitrogens with one attached hydrogen (secondary N) is 1. The molecule has 154 valence electrons. The summed E-state index contributed by atoms with van der Waals surface area (Å²) in [6.07, 6.45) is -0.555. The Morgan fingerprint density at radius 2 is 1.75 bits per heavy atom.